The second-order valence-electron chi connectivity index (χ2n) is 2.84. The van der Waals surface area contributed by atoms with Crippen LogP contribution >= 0.6 is 0 Å². The summed E-state index contributed by atoms with van der Waals surface area (Å²) in [4.78, 5) is 0. The van der Waals surface area contributed by atoms with E-state index in [1.807, 2.05) is 0 Å². The third kappa shape index (κ3) is 1.29. The lowest BCUT2D eigenvalue weighted by Gasteiger charge is -2.19. The molecule has 4 heteroatoms. The fourth-order valence-electron chi connectivity index (χ4n) is 1.31. The zero-order valence-electron chi connectivity index (χ0n) is 6.67. The molecule has 1 aromatic rings. The van der Waals surface area contributed by atoms with Gasteiger partial charge in [-0.3, -0.25) is 10.3 Å². The molecule has 1 heterocycles. The minimum Gasteiger partial charge on any atom is -0.289 e. The molecule has 1 aliphatic rings. The molecule has 68 valence electrons. The fourth-order valence-corrected chi connectivity index (χ4v) is 1.31. The summed E-state index contributed by atoms with van der Waals surface area (Å²) in [7, 11) is 0. The van der Waals surface area contributed by atoms with Gasteiger partial charge in [-0.1, -0.05) is 6.07 Å². The highest BCUT2D eigenvalue weighted by molar-refractivity contribution is 5.55. The second-order valence-corrected chi connectivity index (χ2v) is 2.84. The van der Waals surface area contributed by atoms with E-state index in [1.54, 1.807) is 0 Å². The molecule has 1 N–H and O–H groups in total. The van der Waals surface area contributed by atoms with Gasteiger partial charge in [-0.05, 0) is 17.7 Å². The molecule has 0 atom stereocenters. The van der Waals surface area contributed by atoms with E-state index >= 15 is 0 Å². The van der Waals surface area contributed by atoms with Crippen LogP contribution in [0.1, 0.15) is 11.1 Å². The summed E-state index contributed by atoms with van der Waals surface area (Å²) in [5.41, 5.74) is 0.786. The van der Waals surface area contributed by atoms with Gasteiger partial charge in [-0.15, -0.1) is 0 Å². The van der Waals surface area contributed by atoms with E-state index in [0.29, 0.717) is 5.56 Å². The van der Waals surface area contributed by atoms with Crippen LogP contribution in [0.3, 0.4) is 0 Å². The fraction of sp³-hybridized carbons (Fsp3) is 0.111. The number of halogens is 2. The van der Waals surface area contributed by atoms with Crippen molar-refractivity contribution in [3.05, 3.63) is 41.1 Å². The van der Waals surface area contributed by atoms with E-state index in [4.69, 9.17) is 5.21 Å². The topological polar surface area (TPSA) is 23.5 Å². The molecule has 2 rings (SSSR count). The summed E-state index contributed by atoms with van der Waals surface area (Å²) in [6, 6.07) is 2.56. The lowest BCUT2D eigenvalue weighted by atomic mass is 10.0. The molecule has 13 heavy (non-hydrogen) atoms. The quantitative estimate of drug-likeness (QED) is 0.666. The minimum absolute atomic E-state index is 0.0184. The van der Waals surface area contributed by atoms with Crippen LogP contribution in [0.2, 0.25) is 0 Å². The zero-order chi connectivity index (χ0) is 9.42. The van der Waals surface area contributed by atoms with Crippen molar-refractivity contribution in [2.24, 2.45) is 0 Å². The van der Waals surface area contributed by atoms with Gasteiger partial charge in [-0.25, -0.2) is 8.78 Å². The largest absolute Gasteiger partial charge is 0.289 e. The first-order valence-corrected chi connectivity index (χ1v) is 3.79. The van der Waals surface area contributed by atoms with Gasteiger partial charge in [0.2, 0.25) is 0 Å². The standard InChI is InChI=1S/C9H7F2NO/c10-8-2-1-6-3-4-12(13)5-7(6)9(8)11/h1-4,13H,5H2. The molecule has 0 aromatic heterocycles. The molecule has 0 amide bonds. The van der Waals surface area contributed by atoms with E-state index < -0.39 is 11.6 Å². The molecule has 0 spiro atoms. The molecule has 0 unspecified atom stereocenters. The van der Waals surface area contributed by atoms with Crippen molar-refractivity contribution in [1.29, 1.82) is 0 Å². The molecule has 0 aliphatic carbocycles. The number of benzene rings is 1. The molecule has 2 nitrogen and oxygen atoms in total. The van der Waals surface area contributed by atoms with E-state index in [9.17, 15) is 8.78 Å². The molecule has 0 bridgehead atoms. The second kappa shape index (κ2) is 2.81. The van der Waals surface area contributed by atoms with Crippen molar-refractivity contribution in [3.8, 4) is 0 Å². The highest BCUT2D eigenvalue weighted by atomic mass is 19.2. The van der Waals surface area contributed by atoms with Crippen LogP contribution in [0.5, 0.6) is 0 Å². The smallest absolute Gasteiger partial charge is 0.164 e. The molecular weight excluding hydrogens is 176 g/mol. The molecule has 0 saturated heterocycles. The van der Waals surface area contributed by atoms with Crippen LogP contribution in [0, 0.1) is 11.6 Å². The van der Waals surface area contributed by atoms with Crippen LogP contribution in [0.15, 0.2) is 18.3 Å². The van der Waals surface area contributed by atoms with Crippen LogP contribution in [-0.2, 0) is 6.54 Å². The summed E-state index contributed by atoms with van der Waals surface area (Å²) in [5.74, 6) is -1.77. The van der Waals surface area contributed by atoms with E-state index in [-0.39, 0.29) is 12.1 Å². The molecule has 1 aliphatic heterocycles. The lowest BCUT2D eigenvalue weighted by Crippen LogP contribution is -2.17. The molecule has 0 radical (unpaired) electrons. The Labute approximate surface area is 73.7 Å². The Balaban J connectivity index is 2.57. The maximum absolute atomic E-state index is 13.1. The average Bonchev–Trinajstić information content (AvgIpc) is 2.12. The molecule has 0 fully saturated rings. The highest BCUT2D eigenvalue weighted by Crippen LogP contribution is 2.23. The first-order chi connectivity index (χ1) is 6.18. The number of nitrogens with zero attached hydrogens (tertiary/aromatic N) is 1. The Hall–Kier alpha value is -1.42. The first kappa shape index (κ1) is 8.19. The van der Waals surface area contributed by atoms with E-state index in [0.717, 1.165) is 11.1 Å². The third-order valence-corrected chi connectivity index (χ3v) is 1.98. The minimum atomic E-state index is -0.888. The van der Waals surface area contributed by atoms with Crippen molar-refractivity contribution >= 4 is 6.08 Å². The number of fused-ring (bicyclic) bond motifs is 1. The average molecular weight is 183 g/mol. The van der Waals surface area contributed by atoms with Gasteiger partial charge in [0.05, 0.1) is 6.54 Å². The summed E-state index contributed by atoms with van der Waals surface area (Å²) in [6.45, 7) is -0.0184. The normalized spacial score (nSPS) is 14.5. The highest BCUT2D eigenvalue weighted by Gasteiger charge is 2.16. The van der Waals surface area contributed by atoms with Gasteiger partial charge in [0, 0.05) is 11.8 Å². The lowest BCUT2D eigenvalue weighted by molar-refractivity contribution is -0.0503. The summed E-state index contributed by atoms with van der Waals surface area (Å²) < 4.78 is 25.8. The Bertz CT molecular complexity index is 376. The van der Waals surface area contributed by atoms with Crippen molar-refractivity contribution in [3.63, 3.8) is 0 Å². The number of hydrogen-bond donors (Lipinski definition) is 1. The van der Waals surface area contributed by atoms with Gasteiger partial charge in [0.1, 0.15) is 0 Å². The van der Waals surface area contributed by atoms with Crippen LogP contribution in [-0.4, -0.2) is 10.3 Å². The molecule has 0 saturated carbocycles. The van der Waals surface area contributed by atoms with Gasteiger partial charge in [-0.2, -0.15) is 0 Å². The maximum atomic E-state index is 13.1. The van der Waals surface area contributed by atoms with Crippen LogP contribution < -0.4 is 0 Å². The zero-order valence-corrected chi connectivity index (χ0v) is 6.67. The Morgan fingerprint density at radius 2 is 2.08 bits per heavy atom. The van der Waals surface area contributed by atoms with Crippen molar-refractivity contribution < 1.29 is 14.0 Å². The van der Waals surface area contributed by atoms with Gasteiger partial charge in [0.15, 0.2) is 11.6 Å². The number of hydrogen-bond acceptors (Lipinski definition) is 2. The monoisotopic (exact) mass is 183 g/mol. The van der Waals surface area contributed by atoms with Crippen molar-refractivity contribution in [1.82, 2.24) is 5.06 Å². The SMILES string of the molecule is ON1C=Cc2ccc(F)c(F)c2C1. The molecular formula is C9H7F2NO. The summed E-state index contributed by atoms with van der Waals surface area (Å²) in [5, 5.41) is 9.84. The van der Waals surface area contributed by atoms with Crippen molar-refractivity contribution in [2.45, 2.75) is 6.54 Å². The van der Waals surface area contributed by atoms with Crippen LogP contribution in [0.4, 0.5) is 8.78 Å². The van der Waals surface area contributed by atoms with E-state index in [1.165, 1.54) is 18.3 Å². The Morgan fingerprint density at radius 3 is 2.85 bits per heavy atom. The maximum Gasteiger partial charge on any atom is 0.164 e. The number of rotatable bonds is 0. The van der Waals surface area contributed by atoms with Crippen LogP contribution in [0.25, 0.3) is 6.08 Å². The van der Waals surface area contributed by atoms with Gasteiger partial charge >= 0.3 is 0 Å². The first-order valence-electron chi connectivity index (χ1n) is 3.79. The molecule has 1 aromatic carbocycles. The predicted molar refractivity (Wildman–Crippen MR) is 42.7 cm³/mol. The van der Waals surface area contributed by atoms with Crippen molar-refractivity contribution in [2.75, 3.05) is 0 Å². The predicted octanol–water partition coefficient (Wildman–Crippen LogP) is 2.14. The van der Waals surface area contributed by atoms with Gasteiger partial charge < -0.3 is 0 Å². The Kier molecular flexibility index (Phi) is 1.77. The summed E-state index contributed by atoms with van der Waals surface area (Å²) >= 11 is 0. The Morgan fingerprint density at radius 1 is 1.31 bits per heavy atom. The summed E-state index contributed by atoms with van der Waals surface area (Å²) in [6.07, 6.45) is 2.93. The van der Waals surface area contributed by atoms with Gasteiger partial charge in [0.25, 0.3) is 0 Å². The third-order valence-electron chi connectivity index (χ3n) is 1.98. The van der Waals surface area contributed by atoms with E-state index in [2.05, 4.69) is 0 Å². The number of hydroxylamine groups is 2.